The molecule has 0 radical (unpaired) electrons. The fraction of sp³-hybridized carbons (Fsp3) is 0.562. The quantitative estimate of drug-likeness (QED) is 0.925. The second-order valence-electron chi connectivity index (χ2n) is 5.73. The van der Waals surface area contributed by atoms with Crippen LogP contribution in [0, 0.1) is 5.92 Å². The van der Waals surface area contributed by atoms with Gasteiger partial charge >= 0.3 is 6.18 Å². The molecule has 0 spiro atoms. The first-order chi connectivity index (χ1) is 10.3. The summed E-state index contributed by atoms with van der Waals surface area (Å²) in [6.45, 7) is 4.36. The first kappa shape index (κ1) is 16.8. The Morgan fingerprint density at radius 1 is 1.32 bits per heavy atom. The highest BCUT2D eigenvalue weighted by molar-refractivity contribution is 5.79. The number of ether oxygens (including phenoxy) is 1. The Morgan fingerprint density at radius 2 is 2.00 bits per heavy atom. The standard InChI is InChI=1S/C16H20F3NO2/c1-10(11(2)20-15(21)12-7-8-22-9-12)13-5-3-4-6-14(13)16(17,18)19/h3-6,10-12H,7-9H2,1-2H3,(H,20,21)/t10-,11+,12+/m1/s1. The van der Waals surface area contributed by atoms with Gasteiger partial charge in [-0.3, -0.25) is 4.79 Å². The van der Waals surface area contributed by atoms with Gasteiger partial charge in [-0.15, -0.1) is 0 Å². The van der Waals surface area contributed by atoms with Gasteiger partial charge in [-0.25, -0.2) is 0 Å². The monoisotopic (exact) mass is 315 g/mol. The number of halogens is 3. The van der Waals surface area contributed by atoms with Gasteiger partial charge in [0.1, 0.15) is 0 Å². The molecule has 1 N–H and O–H groups in total. The third kappa shape index (κ3) is 3.80. The topological polar surface area (TPSA) is 38.3 Å². The summed E-state index contributed by atoms with van der Waals surface area (Å²) >= 11 is 0. The molecule has 3 nitrogen and oxygen atoms in total. The van der Waals surface area contributed by atoms with Crippen molar-refractivity contribution in [2.75, 3.05) is 13.2 Å². The van der Waals surface area contributed by atoms with E-state index >= 15 is 0 Å². The number of amides is 1. The number of nitrogens with one attached hydrogen (secondary N) is 1. The number of hydrogen-bond acceptors (Lipinski definition) is 2. The third-order valence-corrected chi connectivity index (χ3v) is 4.18. The predicted molar refractivity (Wildman–Crippen MR) is 76.4 cm³/mol. The SMILES string of the molecule is C[C@H](NC(=O)[C@H]1CCOC1)[C@@H](C)c1ccccc1C(F)(F)F. The Hall–Kier alpha value is -1.56. The fourth-order valence-electron chi connectivity index (χ4n) is 2.63. The molecule has 0 aliphatic carbocycles. The molecule has 2 rings (SSSR count). The highest BCUT2D eigenvalue weighted by atomic mass is 19.4. The highest BCUT2D eigenvalue weighted by Gasteiger charge is 2.35. The van der Waals surface area contributed by atoms with E-state index in [0.717, 1.165) is 6.07 Å². The Labute approximate surface area is 127 Å². The van der Waals surface area contributed by atoms with Gasteiger partial charge in [-0.1, -0.05) is 25.1 Å². The van der Waals surface area contributed by atoms with Crippen molar-refractivity contribution >= 4 is 5.91 Å². The van der Waals surface area contributed by atoms with E-state index in [1.54, 1.807) is 19.9 Å². The average Bonchev–Trinajstić information content (AvgIpc) is 2.99. The minimum absolute atomic E-state index is 0.152. The predicted octanol–water partition coefficient (Wildman–Crippen LogP) is 3.35. The molecular weight excluding hydrogens is 295 g/mol. The average molecular weight is 315 g/mol. The summed E-state index contributed by atoms with van der Waals surface area (Å²) in [5, 5.41) is 2.81. The maximum absolute atomic E-state index is 13.1. The molecule has 0 saturated carbocycles. The van der Waals surface area contributed by atoms with Crippen LogP contribution < -0.4 is 5.32 Å². The van der Waals surface area contributed by atoms with Crippen molar-refractivity contribution in [3.05, 3.63) is 35.4 Å². The summed E-state index contributed by atoms with van der Waals surface area (Å²) in [6, 6.07) is 5.11. The van der Waals surface area contributed by atoms with Crippen LogP contribution in [0.15, 0.2) is 24.3 Å². The summed E-state index contributed by atoms with van der Waals surface area (Å²) in [4.78, 5) is 12.1. The van der Waals surface area contributed by atoms with Crippen LogP contribution in [0.5, 0.6) is 0 Å². The van der Waals surface area contributed by atoms with Gasteiger partial charge in [0.25, 0.3) is 0 Å². The molecule has 1 aromatic carbocycles. The zero-order valence-corrected chi connectivity index (χ0v) is 12.6. The third-order valence-electron chi connectivity index (χ3n) is 4.18. The molecule has 0 aromatic heterocycles. The number of alkyl halides is 3. The van der Waals surface area contributed by atoms with Crippen LogP contribution in [-0.2, 0) is 15.7 Å². The molecule has 0 bridgehead atoms. The molecular formula is C16H20F3NO2. The molecule has 6 heteroatoms. The zero-order valence-electron chi connectivity index (χ0n) is 12.6. The fourth-order valence-corrected chi connectivity index (χ4v) is 2.63. The lowest BCUT2D eigenvalue weighted by molar-refractivity contribution is -0.138. The minimum Gasteiger partial charge on any atom is -0.381 e. The smallest absolute Gasteiger partial charge is 0.381 e. The largest absolute Gasteiger partial charge is 0.416 e. The van der Waals surface area contributed by atoms with Crippen molar-refractivity contribution in [2.45, 2.75) is 38.4 Å². The maximum atomic E-state index is 13.1. The molecule has 1 heterocycles. The Bertz CT molecular complexity index is 524. The second-order valence-corrected chi connectivity index (χ2v) is 5.73. The van der Waals surface area contributed by atoms with Crippen molar-refractivity contribution < 1.29 is 22.7 Å². The van der Waals surface area contributed by atoms with Crippen molar-refractivity contribution in [2.24, 2.45) is 5.92 Å². The van der Waals surface area contributed by atoms with E-state index in [2.05, 4.69) is 5.32 Å². The van der Waals surface area contributed by atoms with Crippen LogP contribution in [0.3, 0.4) is 0 Å². The highest BCUT2D eigenvalue weighted by Crippen LogP contribution is 2.36. The van der Waals surface area contributed by atoms with Gasteiger partial charge in [0.2, 0.25) is 5.91 Å². The summed E-state index contributed by atoms with van der Waals surface area (Å²) in [7, 11) is 0. The second kappa shape index (κ2) is 6.69. The summed E-state index contributed by atoms with van der Waals surface area (Å²) in [5.41, 5.74) is -0.446. The van der Waals surface area contributed by atoms with E-state index in [1.165, 1.54) is 12.1 Å². The van der Waals surface area contributed by atoms with Gasteiger partial charge in [-0.2, -0.15) is 13.2 Å². The Morgan fingerprint density at radius 3 is 2.59 bits per heavy atom. The number of benzene rings is 1. The molecule has 122 valence electrons. The molecule has 0 unspecified atom stereocenters. The summed E-state index contributed by atoms with van der Waals surface area (Å²) in [5.74, 6) is -0.794. The van der Waals surface area contributed by atoms with Crippen LogP contribution in [0.2, 0.25) is 0 Å². The van der Waals surface area contributed by atoms with Crippen molar-refractivity contribution in [3.63, 3.8) is 0 Å². The van der Waals surface area contributed by atoms with Crippen molar-refractivity contribution in [1.29, 1.82) is 0 Å². The molecule has 1 aliphatic heterocycles. The van der Waals surface area contributed by atoms with E-state index in [9.17, 15) is 18.0 Å². The van der Waals surface area contributed by atoms with Gasteiger partial charge < -0.3 is 10.1 Å². The molecule has 1 aromatic rings. The molecule has 1 saturated heterocycles. The van der Waals surface area contributed by atoms with E-state index in [-0.39, 0.29) is 17.4 Å². The van der Waals surface area contributed by atoms with Crippen molar-refractivity contribution in [1.82, 2.24) is 5.32 Å². The van der Waals surface area contributed by atoms with E-state index in [0.29, 0.717) is 19.6 Å². The van der Waals surface area contributed by atoms with Crippen LogP contribution in [-0.4, -0.2) is 25.2 Å². The molecule has 3 atom stereocenters. The van der Waals surface area contributed by atoms with Crippen LogP contribution in [0.25, 0.3) is 0 Å². The van der Waals surface area contributed by atoms with Crippen LogP contribution >= 0.6 is 0 Å². The van der Waals surface area contributed by atoms with Crippen LogP contribution in [0.4, 0.5) is 13.2 Å². The number of carbonyl (C=O) groups excluding carboxylic acids is 1. The summed E-state index contributed by atoms with van der Waals surface area (Å²) in [6.07, 6.45) is -3.74. The van der Waals surface area contributed by atoms with E-state index in [4.69, 9.17) is 4.74 Å². The lowest BCUT2D eigenvalue weighted by Gasteiger charge is -2.25. The van der Waals surface area contributed by atoms with Gasteiger partial charge in [-0.05, 0) is 25.0 Å². The van der Waals surface area contributed by atoms with E-state index in [1.807, 2.05) is 0 Å². The Kier molecular flexibility index (Phi) is 5.11. The van der Waals surface area contributed by atoms with Gasteiger partial charge in [0, 0.05) is 18.6 Å². The molecule has 1 amide bonds. The number of hydrogen-bond donors (Lipinski definition) is 1. The van der Waals surface area contributed by atoms with E-state index < -0.39 is 23.7 Å². The molecule has 1 aliphatic rings. The minimum atomic E-state index is -4.39. The number of rotatable bonds is 4. The Balaban J connectivity index is 2.10. The maximum Gasteiger partial charge on any atom is 0.416 e. The normalized spacial score (nSPS) is 21.4. The number of carbonyl (C=O) groups is 1. The molecule has 1 fully saturated rings. The van der Waals surface area contributed by atoms with Crippen LogP contribution in [0.1, 0.15) is 37.3 Å². The zero-order chi connectivity index (χ0) is 16.3. The lowest BCUT2D eigenvalue weighted by atomic mass is 9.90. The molecule has 22 heavy (non-hydrogen) atoms. The van der Waals surface area contributed by atoms with Gasteiger partial charge in [0.05, 0.1) is 18.1 Å². The lowest BCUT2D eigenvalue weighted by Crippen LogP contribution is -2.40. The first-order valence-electron chi connectivity index (χ1n) is 7.35. The first-order valence-corrected chi connectivity index (χ1v) is 7.35. The van der Waals surface area contributed by atoms with Gasteiger partial charge in [0.15, 0.2) is 0 Å². The summed E-state index contributed by atoms with van der Waals surface area (Å²) < 4.78 is 44.4. The van der Waals surface area contributed by atoms with Crippen molar-refractivity contribution in [3.8, 4) is 0 Å².